The van der Waals surface area contributed by atoms with Crippen LogP contribution in [0.5, 0.6) is 0 Å². The number of nitrogens with two attached hydrogens (primary N) is 2. The van der Waals surface area contributed by atoms with Crippen LogP contribution in [-0.4, -0.2) is 67.2 Å². The molecule has 0 saturated carbocycles. The minimum Gasteiger partial charge on any atom is -0.468 e. The van der Waals surface area contributed by atoms with Crippen LogP contribution in [0.25, 0.3) is 10.2 Å². The molecule has 0 spiro atoms. The van der Waals surface area contributed by atoms with Crippen molar-refractivity contribution in [1.82, 2.24) is 15.6 Å². The first kappa shape index (κ1) is 37.3. The van der Waals surface area contributed by atoms with Gasteiger partial charge in [0.1, 0.15) is 22.1 Å². The fourth-order valence-electron chi connectivity index (χ4n) is 4.89. The number of anilines is 2. The van der Waals surface area contributed by atoms with Crippen LogP contribution in [0.1, 0.15) is 85.7 Å². The second-order valence-electron chi connectivity index (χ2n) is 9.85. The number of benzene rings is 1. The van der Waals surface area contributed by atoms with Crippen LogP contribution >= 0.6 is 11.3 Å². The number of aliphatic hydroxyl groups excluding tert-OH is 1. The van der Waals surface area contributed by atoms with E-state index in [1.807, 2.05) is 0 Å². The molecule has 1 atom stereocenters. The summed E-state index contributed by atoms with van der Waals surface area (Å²) in [6.07, 6.45) is 2.82. The van der Waals surface area contributed by atoms with E-state index in [1.54, 1.807) is 24.3 Å². The van der Waals surface area contributed by atoms with Gasteiger partial charge in [-0.25, -0.2) is 4.98 Å². The molecule has 0 aliphatic carbocycles. The third-order valence-electron chi connectivity index (χ3n) is 7.11. The molecule has 0 radical (unpaired) electrons. The van der Waals surface area contributed by atoms with Crippen molar-refractivity contribution >= 4 is 50.8 Å². The van der Waals surface area contributed by atoms with E-state index in [0.29, 0.717) is 28.2 Å². The van der Waals surface area contributed by atoms with E-state index in [1.165, 1.54) is 18.4 Å². The van der Waals surface area contributed by atoms with Crippen LogP contribution < -0.4 is 27.0 Å². The molecule has 7 N–H and O–H groups in total. The number of carbonyl (C=O) groups excluding carboxylic acids is 3. The zero-order chi connectivity index (χ0) is 28.8. The van der Waals surface area contributed by atoms with Crippen molar-refractivity contribution in [2.45, 2.75) is 67.0 Å². The lowest BCUT2D eigenvalue weighted by atomic mass is 10.0. The average Bonchev–Trinajstić information content (AvgIpc) is 3.31. The number of hydrogen-bond donors (Lipinski definition) is 5. The van der Waals surface area contributed by atoms with Crippen molar-refractivity contribution in [2.24, 2.45) is 5.73 Å². The van der Waals surface area contributed by atoms with Crippen LogP contribution in [0, 0.1) is 0 Å². The standard InChI is InChI=1S/C28H36N6O5S.3CH4/c1-3-4-18-13-21(33-28-23(18)24(29)25(40-28)26(30)37)34-11-9-19(10-12-34)31-14-20(35)16-5-7-17(8-6-16)27(38)32-15-22(36)39-2;;;/h5-8,13,19-20,31,35H,3-4,9-12,14-15,29H2,1-2H3,(H2,30,37)(H,32,38);3*1H4. The number of esters is 1. The third-order valence-corrected chi connectivity index (χ3v) is 8.22. The number of aromatic nitrogens is 1. The van der Waals surface area contributed by atoms with Gasteiger partial charge in [-0.3, -0.25) is 14.4 Å². The van der Waals surface area contributed by atoms with Gasteiger partial charge in [0.05, 0.1) is 18.9 Å². The Hall–Kier alpha value is -3.74. The van der Waals surface area contributed by atoms with E-state index in [9.17, 15) is 19.5 Å². The molecule has 1 aliphatic rings. The zero-order valence-corrected chi connectivity index (χ0v) is 23.6. The van der Waals surface area contributed by atoms with Gasteiger partial charge < -0.3 is 36.8 Å². The number of nitrogens with one attached hydrogen (secondary N) is 2. The third kappa shape index (κ3) is 8.88. The summed E-state index contributed by atoms with van der Waals surface area (Å²) in [4.78, 5) is 43.4. The Bertz CT molecular complexity index is 1370. The Labute approximate surface area is 259 Å². The molecule has 2 aromatic heterocycles. The number of ether oxygens (including phenoxy) is 1. The normalized spacial score (nSPS) is 13.7. The Morgan fingerprint density at radius 2 is 1.81 bits per heavy atom. The highest BCUT2D eigenvalue weighted by Gasteiger charge is 2.24. The van der Waals surface area contributed by atoms with Gasteiger partial charge in [-0.05, 0) is 48.6 Å². The smallest absolute Gasteiger partial charge is 0.325 e. The van der Waals surface area contributed by atoms with Gasteiger partial charge in [0.2, 0.25) is 0 Å². The van der Waals surface area contributed by atoms with Gasteiger partial charge in [0.15, 0.2) is 0 Å². The van der Waals surface area contributed by atoms with Crippen LogP contribution in [0.4, 0.5) is 11.5 Å². The van der Waals surface area contributed by atoms with Gasteiger partial charge in [0, 0.05) is 36.6 Å². The maximum atomic E-state index is 12.1. The van der Waals surface area contributed by atoms with E-state index in [-0.39, 0.29) is 40.8 Å². The first-order valence-corrected chi connectivity index (χ1v) is 14.2. The molecule has 0 bridgehead atoms. The van der Waals surface area contributed by atoms with E-state index in [4.69, 9.17) is 16.5 Å². The van der Waals surface area contributed by atoms with Crippen molar-refractivity contribution in [3.8, 4) is 0 Å². The topological polar surface area (TPSA) is 173 Å². The number of piperidine rings is 1. The number of nitrogen functional groups attached to an aromatic ring is 1. The molecule has 43 heavy (non-hydrogen) atoms. The summed E-state index contributed by atoms with van der Waals surface area (Å²) in [6, 6.07) is 8.97. The van der Waals surface area contributed by atoms with Crippen LogP contribution in [-0.2, 0) is 16.0 Å². The predicted octanol–water partition coefficient (Wildman–Crippen LogP) is 4.03. The summed E-state index contributed by atoms with van der Waals surface area (Å²) >= 11 is 1.25. The lowest BCUT2D eigenvalue weighted by Crippen LogP contribution is -2.44. The number of rotatable bonds is 11. The number of amides is 2. The minimum atomic E-state index is -0.727. The Balaban J connectivity index is 0.00000308. The number of pyridine rings is 1. The molecule has 2 amide bonds. The molecule has 1 unspecified atom stereocenters. The highest BCUT2D eigenvalue weighted by molar-refractivity contribution is 7.21. The molecule has 3 heterocycles. The fourth-order valence-corrected chi connectivity index (χ4v) is 5.88. The largest absolute Gasteiger partial charge is 0.468 e. The summed E-state index contributed by atoms with van der Waals surface area (Å²) in [5.74, 6) is -0.567. The number of aliphatic hydroxyl groups is 1. The molecule has 238 valence electrons. The number of nitrogens with zero attached hydrogens (tertiary/aromatic N) is 2. The summed E-state index contributed by atoms with van der Waals surface area (Å²) in [7, 11) is 1.26. The summed E-state index contributed by atoms with van der Waals surface area (Å²) < 4.78 is 4.52. The molecule has 1 aliphatic heterocycles. The Morgan fingerprint density at radius 3 is 2.40 bits per heavy atom. The Kier molecular flexibility index (Phi) is 14.6. The van der Waals surface area contributed by atoms with Crippen molar-refractivity contribution in [2.75, 3.05) is 43.9 Å². The molecule has 1 fully saturated rings. The maximum absolute atomic E-state index is 12.1. The molecule has 1 aromatic carbocycles. The van der Waals surface area contributed by atoms with Crippen molar-refractivity contribution in [1.29, 1.82) is 0 Å². The number of methoxy groups -OCH3 is 1. The van der Waals surface area contributed by atoms with Gasteiger partial charge in [-0.2, -0.15) is 0 Å². The SMILES string of the molecule is C.C.C.CCCc1cc(N2CCC(NCC(O)c3ccc(C(=O)NCC(=O)OC)cc3)CC2)nc2sc(C(N)=O)c(N)c12. The molecule has 11 nitrogen and oxygen atoms in total. The quantitative estimate of drug-likeness (QED) is 0.199. The minimum absolute atomic E-state index is 0. The lowest BCUT2D eigenvalue weighted by molar-refractivity contribution is -0.139. The monoisotopic (exact) mass is 616 g/mol. The number of aryl methyl sites for hydroxylation is 1. The second-order valence-corrected chi connectivity index (χ2v) is 10.8. The molecule has 3 aromatic rings. The van der Waals surface area contributed by atoms with E-state index >= 15 is 0 Å². The van der Waals surface area contributed by atoms with Crippen LogP contribution in [0.2, 0.25) is 0 Å². The summed E-state index contributed by atoms with van der Waals surface area (Å²) in [6.45, 7) is 3.89. The van der Waals surface area contributed by atoms with Gasteiger partial charge >= 0.3 is 5.97 Å². The number of thiophene rings is 1. The fraction of sp³-hybridized carbons (Fsp3) is 0.484. The number of fused-ring (bicyclic) bond motifs is 1. The highest BCUT2D eigenvalue weighted by atomic mass is 32.1. The first-order valence-electron chi connectivity index (χ1n) is 13.3. The van der Waals surface area contributed by atoms with Gasteiger partial charge in [-0.15, -0.1) is 11.3 Å². The van der Waals surface area contributed by atoms with Crippen molar-refractivity contribution in [3.05, 3.63) is 51.9 Å². The van der Waals surface area contributed by atoms with Gasteiger partial charge in [-0.1, -0.05) is 47.8 Å². The van der Waals surface area contributed by atoms with E-state index in [2.05, 4.69) is 33.3 Å². The molecule has 4 rings (SSSR count). The second kappa shape index (κ2) is 16.8. The number of hydrogen-bond acceptors (Lipinski definition) is 10. The number of primary amides is 1. The summed E-state index contributed by atoms with van der Waals surface area (Å²) in [5.41, 5.74) is 14.4. The Morgan fingerprint density at radius 1 is 1.16 bits per heavy atom. The molecule has 1 saturated heterocycles. The first-order chi connectivity index (χ1) is 19.2. The highest BCUT2D eigenvalue weighted by Crippen LogP contribution is 2.37. The molecular formula is C31H48N6O5S. The van der Waals surface area contributed by atoms with Crippen LogP contribution in [0.3, 0.4) is 0 Å². The predicted molar refractivity (Wildman–Crippen MR) is 176 cm³/mol. The van der Waals surface area contributed by atoms with E-state index in [0.717, 1.165) is 60.4 Å². The molecular weight excluding hydrogens is 568 g/mol. The number of carbonyl (C=O) groups is 3. The summed E-state index contributed by atoms with van der Waals surface area (Å²) in [5, 5.41) is 17.5. The maximum Gasteiger partial charge on any atom is 0.325 e. The lowest BCUT2D eigenvalue weighted by Gasteiger charge is -2.34. The molecule has 12 heteroatoms. The zero-order valence-electron chi connectivity index (χ0n) is 22.7. The van der Waals surface area contributed by atoms with Crippen molar-refractivity contribution in [3.63, 3.8) is 0 Å². The van der Waals surface area contributed by atoms with Gasteiger partial charge in [0.25, 0.3) is 11.8 Å². The van der Waals surface area contributed by atoms with Crippen LogP contribution in [0.15, 0.2) is 30.3 Å². The average molecular weight is 617 g/mol. The van der Waals surface area contributed by atoms with E-state index < -0.39 is 18.0 Å². The van der Waals surface area contributed by atoms with Crippen molar-refractivity contribution < 1.29 is 24.2 Å².